The summed E-state index contributed by atoms with van der Waals surface area (Å²) in [5, 5.41) is 7.28. The standard InChI is InChI=1S/C34H35FN2O4S/c1-34(17-16-28(40-2)29(20-34)41-3)21-36-18-5-4-7-22-10-13-24(14-11-22)37-33(39)26-9-6-8-25-31(38)27-19-23(35)12-15-30(27)42-32(25)26/h6,8-17,19,36H,4-5,7,18,20-21H2,1-3H3,(H,37,39). The van der Waals surface area contributed by atoms with E-state index in [9.17, 15) is 14.0 Å². The quantitative estimate of drug-likeness (QED) is 0.144. The topological polar surface area (TPSA) is 76.7 Å². The molecule has 218 valence electrons. The first-order chi connectivity index (χ1) is 20.3. The maximum Gasteiger partial charge on any atom is 0.257 e. The van der Waals surface area contributed by atoms with E-state index in [1.165, 1.54) is 29.0 Å². The average Bonchev–Trinajstić information content (AvgIpc) is 3.00. The Labute approximate surface area is 248 Å². The number of halogens is 1. The second-order valence-corrected chi connectivity index (χ2v) is 12.0. The number of hydrogen-bond acceptors (Lipinski definition) is 6. The molecule has 0 aliphatic heterocycles. The van der Waals surface area contributed by atoms with E-state index in [4.69, 9.17) is 9.47 Å². The molecule has 1 atom stereocenters. The van der Waals surface area contributed by atoms with Crippen molar-refractivity contribution in [3.63, 3.8) is 0 Å². The van der Waals surface area contributed by atoms with Crippen LogP contribution < -0.4 is 16.1 Å². The Balaban J connectivity index is 1.12. The summed E-state index contributed by atoms with van der Waals surface area (Å²) in [7, 11) is 3.35. The van der Waals surface area contributed by atoms with Crippen LogP contribution in [0.4, 0.5) is 10.1 Å². The Morgan fingerprint density at radius 2 is 1.83 bits per heavy atom. The highest BCUT2D eigenvalue weighted by Crippen LogP contribution is 2.34. The number of benzene rings is 3. The van der Waals surface area contributed by atoms with Crippen molar-refractivity contribution >= 4 is 43.1 Å². The monoisotopic (exact) mass is 586 g/mol. The fraction of sp³-hybridized carbons (Fsp3) is 0.294. The van der Waals surface area contributed by atoms with E-state index in [1.807, 2.05) is 30.3 Å². The largest absolute Gasteiger partial charge is 0.497 e. The van der Waals surface area contributed by atoms with Crippen LogP contribution in [0.3, 0.4) is 0 Å². The zero-order valence-corrected chi connectivity index (χ0v) is 24.9. The highest BCUT2D eigenvalue weighted by Gasteiger charge is 2.28. The second-order valence-electron chi connectivity index (χ2n) is 10.9. The first-order valence-electron chi connectivity index (χ1n) is 14.1. The smallest absolute Gasteiger partial charge is 0.257 e. The van der Waals surface area contributed by atoms with Crippen molar-refractivity contribution in [2.75, 3.05) is 32.6 Å². The van der Waals surface area contributed by atoms with E-state index in [-0.39, 0.29) is 16.8 Å². The number of rotatable bonds is 11. The molecular weight excluding hydrogens is 551 g/mol. The average molecular weight is 587 g/mol. The molecule has 0 fully saturated rings. The third kappa shape index (κ3) is 6.55. The fourth-order valence-corrected chi connectivity index (χ4v) is 6.45. The van der Waals surface area contributed by atoms with Gasteiger partial charge in [-0.15, -0.1) is 11.3 Å². The lowest BCUT2D eigenvalue weighted by Gasteiger charge is -2.31. The Morgan fingerprint density at radius 3 is 2.60 bits per heavy atom. The number of nitrogens with one attached hydrogen (secondary N) is 2. The molecule has 0 saturated carbocycles. The number of unbranched alkanes of at least 4 members (excludes halogenated alkanes) is 1. The predicted molar refractivity (Wildman–Crippen MR) is 169 cm³/mol. The molecule has 5 rings (SSSR count). The summed E-state index contributed by atoms with van der Waals surface area (Å²) in [4.78, 5) is 26.2. The van der Waals surface area contributed by atoms with Crippen LogP contribution in [0, 0.1) is 11.2 Å². The highest BCUT2D eigenvalue weighted by molar-refractivity contribution is 7.24. The van der Waals surface area contributed by atoms with Gasteiger partial charge >= 0.3 is 0 Å². The van der Waals surface area contributed by atoms with E-state index < -0.39 is 5.82 Å². The molecule has 42 heavy (non-hydrogen) atoms. The third-order valence-electron chi connectivity index (χ3n) is 7.65. The maximum atomic E-state index is 13.7. The van der Waals surface area contributed by atoms with Gasteiger partial charge in [-0.05, 0) is 79.9 Å². The van der Waals surface area contributed by atoms with E-state index in [0.29, 0.717) is 31.4 Å². The molecule has 0 bridgehead atoms. The van der Waals surface area contributed by atoms with Crippen LogP contribution >= 0.6 is 11.3 Å². The Hall–Kier alpha value is -4.01. The van der Waals surface area contributed by atoms with Gasteiger partial charge in [0.25, 0.3) is 5.91 Å². The van der Waals surface area contributed by atoms with Gasteiger partial charge in [0.15, 0.2) is 11.2 Å². The summed E-state index contributed by atoms with van der Waals surface area (Å²) >= 11 is 1.32. The summed E-state index contributed by atoms with van der Waals surface area (Å²) in [6.07, 6.45) is 8.04. The lowest BCUT2D eigenvalue weighted by atomic mass is 9.82. The van der Waals surface area contributed by atoms with Crippen molar-refractivity contribution in [3.05, 3.63) is 112 Å². The summed E-state index contributed by atoms with van der Waals surface area (Å²) in [5.74, 6) is 0.928. The van der Waals surface area contributed by atoms with Gasteiger partial charge < -0.3 is 20.1 Å². The molecule has 1 aliphatic rings. The number of anilines is 1. The van der Waals surface area contributed by atoms with Crippen LogP contribution in [0.1, 0.15) is 42.1 Å². The molecule has 1 unspecified atom stereocenters. The van der Waals surface area contributed by atoms with Crippen molar-refractivity contribution in [3.8, 4) is 0 Å². The highest BCUT2D eigenvalue weighted by atomic mass is 32.1. The molecule has 0 saturated heterocycles. The molecule has 3 aromatic carbocycles. The van der Waals surface area contributed by atoms with E-state index in [0.717, 1.165) is 50.3 Å². The molecule has 8 heteroatoms. The molecule has 6 nitrogen and oxygen atoms in total. The second kappa shape index (κ2) is 12.9. The van der Waals surface area contributed by atoms with Crippen LogP contribution in [0.5, 0.6) is 0 Å². The normalized spacial score (nSPS) is 16.7. The zero-order chi connectivity index (χ0) is 29.7. The molecule has 0 spiro atoms. The molecule has 1 aliphatic carbocycles. The number of hydrogen-bond donors (Lipinski definition) is 2. The van der Waals surface area contributed by atoms with Gasteiger partial charge in [-0.25, -0.2) is 4.39 Å². The minimum absolute atomic E-state index is 0.00912. The molecule has 1 aromatic heterocycles. The van der Waals surface area contributed by atoms with Crippen molar-refractivity contribution in [1.82, 2.24) is 5.32 Å². The van der Waals surface area contributed by atoms with E-state index >= 15 is 0 Å². The van der Waals surface area contributed by atoms with Crippen LogP contribution in [0.15, 0.2) is 89.1 Å². The number of ether oxygens (including phenoxy) is 2. The molecule has 4 aromatic rings. The summed E-state index contributed by atoms with van der Waals surface area (Å²) in [6, 6.07) is 17.1. The van der Waals surface area contributed by atoms with Gasteiger partial charge in [0, 0.05) is 39.5 Å². The Kier molecular flexibility index (Phi) is 9.04. The van der Waals surface area contributed by atoms with Crippen LogP contribution in [0.2, 0.25) is 0 Å². The van der Waals surface area contributed by atoms with Gasteiger partial charge in [-0.1, -0.05) is 31.2 Å². The lowest BCUT2D eigenvalue weighted by molar-refractivity contribution is 0.102. The van der Waals surface area contributed by atoms with Gasteiger partial charge in [-0.3, -0.25) is 9.59 Å². The van der Waals surface area contributed by atoms with Crippen molar-refractivity contribution in [1.29, 1.82) is 0 Å². The van der Waals surface area contributed by atoms with Crippen molar-refractivity contribution < 1.29 is 18.7 Å². The fourth-order valence-electron chi connectivity index (χ4n) is 5.29. The van der Waals surface area contributed by atoms with Crippen molar-refractivity contribution in [2.24, 2.45) is 5.41 Å². The number of carbonyl (C=O) groups excluding carboxylic acids is 1. The molecule has 2 N–H and O–H groups in total. The minimum Gasteiger partial charge on any atom is -0.497 e. The van der Waals surface area contributed by atoms with Gasteiger partial charge in [0.05, 0.1) is 24.5 Å². The summed E-state index contributed by atoms with van der Waals surface area (Å²) < 4.78 is 25.8. The van der Waals surface area contributed by atoms with Gasteiger partial charge in [-0.2, -0.15) is 0 Å². The zero-order valence-electron chi connectivity index (χ0n) is 24.1. The van der Waals surface area contributed by atoms with Gasteiger partial charge in [0.1, 0.15) is 11.6 Å². The van der Waals surface area contributed by atoms with Crippen LogP contribution in [-0.2, 0) is 15.9 Å². The number of allylic oxidation sites excluding steroid dienone is 2. The molecule has 1 amide bonds. The van der Waals surface area contributed by atoms with Crippen LogP contribution in [-0.4, -0.2) is 33.2 Å². The molecule has 1 heterocycles. The maximum absolute atomic E-state index is 13.7. The first-order valence-corrected chi connectivity index (χ1v) is 14.9. The SMILES string of the molecule is COC1=C(OC)CC(C)(CNCCCCc2ccc(NC(=O)c3cccc4c(=O)c5cc(F)ccc5sc34)cc2)C=C1. The van der Waals surface area contributed by atoms with E-state index in [2.05, 4.69) is 23.6 Å². The number of amides is 1. The van der Waals surface area contributed by atoms with Crippen molar-refractivity contribution in [2.45, 2.75) is 32.6 Å². The summed E-state index contributed by atoms with van der Waals surface area (Å²) in [5.41, 5.74) is 2.03. The first kappa shape index (κ1) is 29.5. The molecule has 0 radical (unpaired) electrons. The lowest BCUT2D eigenvalue weighted by Crippen LogP contribution is -2.33. The number of fused-ring (bicyclic) bond motifs is 2. The minimum atomic E-state index is -0.456. The number of carbonyl (C=O) groups is 1. The number of methoxy groups -OCH3 is 2. The third-order valence-corrected chi connectivity index (χ3v) is 8.87. The predicted octanol–water partition coefficient (Wildman–Crippen LogP) is 7.19. The van der Waals surface area contributed by atoms with Crippen LogP contribution in [0.25, 0.3) is 20.2 Å². The summed E-state index contributed by atoms with van der Waals surface area (Å²) in [6.45, 7) is 4.01. The Bertz CT molecular complexity index is 1730. The molecular formula is C34H35FN2O4S. The van der Waals surface area contributed by atoms with Gasteiger partial charge in [0.2, 0.25) is 0 Å². The van der Waals surface area contributed by atoms with E-state index in [1.54, 1.807) is 38.5 Å². The number of aryl methyl sites for hydroxylation is 1. The Morgan fingerprint density at radius 1 is 1.02 bits per heavy atom.